The second kappa shape index (κ2) is 11.7. The minimum atomic E-state index is -0.299. The normalized spacial score (nSPS) is 24.0. The van der Waals surface area contributed by atoms with Crippen LogP contribution >= 0.6 is 0 Å². The average Bonchev–Trinajstić information content (AvgIpc) is 3.65. The third-order valence-corrected chi connectivity index (χ3v) is 9.11. The van der Waals surface area contributed by atoms with Crippen molar-refractivity contribution in [3.05, 3.63) is 53.5 Å². The van der Waals surface area contributed by atoms with Crippen molar-refractivity contribution in [3.63, 3.8) is 0 Å². The molecule has 2 fully saturated rings. The molecule has 0 bridgehead atoms. The highest BCUT2D eigenvalue weighted by Crippen LogP contribution is 2.47. The molecule has 1 amide bonds. The van der Waals surface area contributed by atoms with Crippen molar-refractivity contribution in [2.45, 2.75) is 50.9 Å². The summed E-state index contributed by atoms with van der Waals surface area (Å²) in [6, 6.07) is 4.32. The lowest BCUT2D eigenvalue weighted by molar-refractivity contribution is -0.128. The lowest BCUT2D eigenvalue weighted by Crippen LogP contribution is -2.56. The highest BCUT2D eigenvalue weighted by atomic mass is 16.5. The Balaban J connectivity index is 1.40. The van der Waals surface area contributed by atoms with E-state index >= 15 is 0 Å². The first-order valence-electron chi connectivity index (χ1n) is 14.9. The third-order valence-electron chi connectivity index (χ3n) is 9.11. The van der Waals surface area contributed by atoms with Crippen LogP contribution in [0.25, 0.3) is 15.7 Å². The number of anilines is 2. The van der Waals surface area contributed by atoms with Crippen LogP contribution in [0.15, 0.2) is 31.0 Å². The number of aromatic nitrogens is 4. The summed E-state index contributed by atoms with van der Waals surface area (Å²) in [6.07, 6.45) is 5.16. The number of aryl methyl sites for hydroxylation is 1. The lowest BCUT2D eigenvalue weighted by atomic mass is 9.92. The Morgan fingerprint density at radius 3 is 2.79 bits per heavy atom. The molecule has 1 N–H and O–H groups in total. The molecule has 3 aliphatic rings. The highest BCUT2D eigenvalue weighted by Gasteiger charge is 2.41. The van der Waals surface area contributed by atoms with Gasteiger partial charge in [0.2, 0.25) is 18.2 Å². The summed E-state index contributed by atoms with van der Waals surface area (Å²) in [7, 11) is 4.16. The number of hydrogen-bond acceptors (Lipinski definition) is 9. The van der Waals surface area contributed by atoms with Gasteiger partial charge < -0.3 is 33.9 Å². The number of rotatable bonds is 7. The topological polar surface area (TPSA) is 107 Å². The Kier molecular flexibility index (Phi) is 7.83. The van der Waals surface area contributed by atoms with Gasteiger partial charge in [0.25, 0.3) is 0 Å². The van der Waals surface area contributed by atoms with Crippen molar-refractivity contribution in [1.29, 1.82) is 0 Å². The zero-order chi connectivity index (χ0) is 30.2. The van der Waals surface area contributed by atoms with Crippen molar-refractivity contribution in [1.82, 2.24) is 30.0 Å². The first-order valence-corrected chi connectivity index (χ1v) is 14.9. The van der Waals surface area contributed by atoms with Gasteiger partial charge in [-0.2, -0.15) is 15.1 Å². The number of amides is 1. The van der Waals surface area contributed by atoms with Crippen LogP contribution in [0.1, 0.15) is 36.9 Å². The molecule has 12 heteroatoms. The molecule has 43 heavy (non-hydrogen) atoms. The van der Waals surface area contributed by atoms with Crippen LogP contribution in [0.5, 0.6) is 11.8 Å². The van der Waals surface area contributed by atoms with Crippen LogP contribution in [-0.4, -0.2) is 107 Å². The standard InChI is InChI=1S/C31H39N9O3/c1-7-25(41)40-14-13-39(17-22(40)15-32-4)30-28-29(34-31(35-30)42-18-21-9-8-12-37(21)5)38(6)27(20(3)43-28)26-19(2)10-11-24-23(26)16-33-36-24/h7,10-11,16,20-22,27H,1,8-9,12-15,17-18H2,2-3,5-6H3,(H,33,36)/t20-,21+,22+,27?/m1/s1. The molecule has 226 valence electrons. The van der Waals surface area contributed by atoms with Gasteiger partial charge in [-0.1, -0.05) is 12.6 Å². The minimum Gasteiger partial charge on any atom is -0.481 e. The van der Waals surface area contributed by atoms with Crippen LogP contribution in [0.4, 0.5) is 11.6 Å². The van der Waals surface area contributed by atoms with Gasteiger partial charge in [0.05, 0.1) is 17.8 Å². The van der Waals surface area contributed by atoms with Crippen LogP contribution in [0.3, 0.4) is 0 Å². The van der Waals surface area contributed by atoms with E-state index in [0.29, 0.717) is 55.7 Å². The van der Waals surface area contributed by atoms with Crippen molar-refractivity contribution >= 4 is 28.4 Å². The molecule has 4 atom stereocenters. The Bertz CT molecular complexity index is 1570. The molecular weight excluding hydrogens is 546 g/mol. The van der Waals surface area contributed by atoms with Gasteiger partial charge >= 0.3 is 6.01 Å². The number of piperazine rings is 1. The van der Waals surface area contributed by atoms with E-state index in [1.165, 1.54) is 6.08 Å². The van der Waals surface area contributed by atoms with Crippen molar-refractivity contribution in [3.8, 4) is 11.8 Å². The molecule has 0 spiro atoms. The van der Waals surface area contributed by atoms with Gasteiger partial charge in [-0.25, -0.2) is 6.57 Å². The molecule has 0 aliphatic carbocycles. The van der Waals surface area contributed by atoms with Crippen LogP contribution < -0.4 is 19.3 Å². The molecule has 0 radical (unpaired) electrons. The predicted octanol–water partition coefficient (Wildman–Crippen LogP) is 3.22. The number of ether oxygens (including phenoxy) is 2. The molecular formula is C31H39N9O3. The minimum absolute atomic E-state index is 0.137. The van der Waals surface area contributed by atoms with Gasteiger partial charge in [-0.05, 0) is 63.6 Å². The fourth-order valence-corrected chi connectivity index (χ4v) is 6.77. The van der Waals surface area contributed by atoms with Crippen LogP contribution in [0, 0.1) is 13.5 Å². The Labute approximate surface area is 252 Å². The predicted molar refractivity (Wildman–Crippen MR) is 165 cm³/mol. The van der Waals surface area contributed by atoms with Gasteiger partial charge in [0, 0.05) is 38.1 Å². The maximum absolute atomic E-state index is 12.6. The Morgan fingerprint density at radius 2 is 2.05 bits per heavy atom. The monoisotopic (exact) mass is 585 g/mol. The number of hydrogen-bond donors (Lipinski definition) is 1. The summed E-state index contributed by atoms with van der Waals surface area (Å²) in [5, 5.41) is 8.45. The number of nitrogens with zero attached hydrogens (tertiary/aromatic N) is 8. The summed E-state index contributed by atoms with van der Waals surface area (Å²) >= 11 is 0. The molecule has 1 aromatic carbocycles. The fourth-order valence-electron chi connectivity index (χ4n) is 6.77. The quantitative estimate of drug-likeness (QED) is 0.330. The third kappa shape index (κ3) is 5.22. The summed E-state index contributed by atoms with van der Waals surface area (Å²) in [4.78, 5) is 34.3. The zero-order valence-electron chi connectivity index (χ0n) is 25.3. The molecule has 0 saturated carbocycles. The Hall–Kier alpha value is -4.37. The fraction of sp³-hybridized carbons (Fsp3) is 0.516. The molecule has 1 unspecified atom stereocenters. The first-order chi connectivity index (χ1) is 20.8. The van der Waals surface area contributed by atoms with Crippen LogP contribution in [0.2, 0.25) is 0 Å². The summed E-state index contributed by atoms with van der Waals surface area (Å²) in [5.41, 5.74) is 3.25. The van der Waals surface area contributed by atoms with Gasteiger partial charge in [0.1, 0.15) is 18.8 Å². The number of H-pyrrole nitrogens is 1. The highest BCUT2D eigenvalue weighted by molar-refractivity contribution is 5.88. The van der Waals surface area contributed by atoms with Gasteiger partial charge in [0.15, 0.2) is 11.6 Å². The second-order valence-electron chi connectivity index (χ2n) is 11.8. The molecule has 5 heterocycles. The summed E-state index contributed by atoms with van der Waals surface area (Å²) in [6.45, 7) is 18.5. The van der Waals surface area contributed by atoms with Gasteiger partial charge in [-0.15, -0.1) is 0 Å². The summed E-state index contributed by atoms with van der Waals surface area (Å²) < 4.78 is 13.0. The lowest BCUT2D eigenvalue weighted by Gasteiger charge is -2.43. The van der Waals surface area contributed by atoms with E-state index < -0.39 is 0 Å². The van der Waals surface area contributed by atoms with Crippen molar-refractivity contribution < 1.29 is 14.3 Å². The number of nitrogens with one attached hydrogen (secondary N) is 1. The molecule has 3 aromatic rings. The largest absolute Gasteiger partial charge is 0.481 e. The average molecular weight is 586 g/mol. The maximum Gasteiger partial charge on any atom is 0.320 e. The van der Waals surface area contributed by atoms with E-state index in [1.54, 1.807) is 4.90 Å². The van der Waals surface area contributed by atoms with Gasteiger partial charge in [-0.3, -0.25) is 9.89 Å². The van der Waals surface area contributed by atoms with Crippen molar-refractivity contribution in [2.75, 3.05) is 63.2 Å². The maximum atomic E-state index is 12.6. The number of carbonyl (C=O) groups excluding carboxylic acids is 1. The molecule has 12 nitrogen and oxygen atoms in total. The molecule has 2 saturated heterocycles. The smallest absolute Gasteiger partial charge is 0.320 e. The molecule has 2 aromatic heterocycles. The SMILES string of the molecule is [C-]#[N+]C[C@H]1CN(c2nc(OC[C@@H]3CCCN3C)nc3c2O[C@H](C)C(c2c(C)ccc4[nH]ncc24)N3C)CCN1C(=O)C=C. The van der Waals surface area contributed by atoms with Crippen LogP contribution in [-0.2, 0) is 4.79 Å². The van der Waals surface area contributed by atoms with E-state index in [2.05, 4.69) is 63.3 Å². The number of aromatic amines is 1. The second-order valence-corrected chi connectivity index (χ2v) is 11.8. The number of likely N-dealkylation sites (N-methyl/N-ethyl adjacent to an activating group) is 2. The van der Waals surface area contributed by atoms with E-state index in [1.807, 2.05) is 19.3 Å². The Morgan fingerprint density at radius 1 is 1.23 bits per heavy atom. The number of carbonyl (C=O) groups is 1. The first kappa shape index (κ1) is 28.7. The zero-order valence-corrected chi connectivity index (χ0v) is 25.3. The van der Waals surface area contributed by atoms with Crippen molar-refractivity contribution in [2.24, 2.45) is 0 Å². The number of likely N-dealkylation sites (tertiary alicyclic amines) is 1. The number of benzene rings is 1. The van der Waals surface area contributed by atoms with E-state index in [0.717, 1.165) is 41.4 Å². The number of fused-ring (bicyclic) bond motifs is 2. The van der Waals surface area contributed by atoms with E-state index in [-0.39, 0.29) is 30.6 Å². The van der Waals surface area contributed by atoms with E-state index in [9.17, 15) is 4.79 Å². The molecule has 3 aliphatic heterocycles. The molecule has 6 rings (SSSR count). The summed E-state index contributed by atoms with van der Waals surface area (Å²) in [5.74, 6) is 1.68. The van der Waals surface area contributed by atoms with E-state index in [4.69, 9.17) is 26.0 Å².